The molecule has 1 aromatic rings. The van der Waals surface area contributed by atoms with Crippen molar-refractivity contribution < 1.29 is 14.6 Å². The lowest BCUT2D eigenvalue weighted by molar-refractivity contribution is -0.140. The average molecular weight is 425 g/mol. The minimum Gasteiger partial charge on any atom is -0.497 e. The Hall–Kier alpha value is -1.59. The van der Waals surface area contributed by atoms with E-state index >= 15 is 0 Å². The van der Waals surface area contributed by atoms with E-state index in [9.17, 15) is 9.90 Å². The van der Waals surface area contributed by atoms with Gasteiger partial charge in [-0.15, -0.1) is 0 Å². The number of carbonyl (C=O) groups excluding carboxylic acids is 1. The molecule has 168 valence electrons. The summed E-state index contributed by atoms with van der Waals surface area (Å²) in [6.07, 6.45) is 9.35. The van der Waals surface area contributed by atoms with Crippen LogP contribution in [0.3, 0.4) is 0 Å². The van der Waals surface area contributed by atoms with Crippen molar-refractivity contribution in [2.45, 2.75) is 74.8 Å². The number of carbonyl (C=O) groups is 1. The third-order valence-electron chi connectivity index (χ3n) is 9.25. The fourth-order valence-electron chi connectivity index (χ4n) is 7.49. The summed E-state index contributed by atoms with van der Waals surface area (Å²) in [5.41, 5.74) is 1.46. The van der Waals surface area contributed by atoms with Gasteiger partial charge in [-0.2, -0.15) is 0 Å². The molecule has 4 fully saturated rings. The maximum atomic E-state index is 13.6. The minimum atomic E-state index is -0.824. The van der Waals surface area contributed by atoms with Crippen LogP contribution in [0.15, 0.2) is 18.2 Å². The fraction of sp³-hybridized carbons (Fsp3) is 0.731. The first-order valence-corrected chi connectivity index (χ1v) is 12.5. The Morgan fingerprint density at radius 3 is 2.71 bits per heavy atom. The summed E-state index contributed by atoms with van der Waals surface area (Å²) in [7, 11) is 1.72. The van der Waals surface area contributed by atoms with Crippen molar-refractivity contribution in [3.63, 3.8) is 0 Å². The highest BCUT2D eigenvalue weighted by atomic mass is 16.5. The number of rotatable bonds is 4. The highest BCUT2D eigenvalue weighted by molar-refractivity contribution is 5.80. The van der Waals surface area contributed by atoms with Crippen LogP contribution in [0.4, 0.5) is 0 Å². The number of piperidine rings is 2. The molecule has 5 heteroatoms. The molecule has 2 heterocycles. The number of fused-ring (bicyclic) bond motifs is 1. The zero-order valence-electron chi connectivity index (χ0n) is 18.8. The van der Waals surface area contributed by atoms with Crippen LogP contribution in [-0.4, -0.2) is 65.7 Å². The van der Waals surface area contributed by atoms with Crippen molar-refractivity contribution in [1.82, 2.24) is 9.80 Å². The van der Waals surface area contributed by atoms with E-state index in [1.165, 1.54) is 30.4 Å². The number of aliphatic hydroxyl groups is 1. The predicted octanol–water partition coefficient (Wildman–Crippen LogP) is 3.13. The molecular formula is C26H36N2O3. The van der Waals surface area contributed by atoms with Crippen molar-refractivity contribution in [2.75, 3.05) is 33.3 Å². The number of methoxy groups -OCH3 is 1. The maximum Gasteiger partial charge on any atom is 0.225 e. The van der Waals surface area contributed by atoms with Crippen LogP contribution < -0.4 is 4.74 Å². The van der Waals surface area contributed by atoms with Crippen molar-refractivity contribution in [2.24, 2.45) is 11.8 Å². The first-order chi connectivity index (χ1) is 15.0. The third-order valence-corrected chi connectivity index (χ3v) is 9.25. The Bertz CT molecular complexity index is 877. The molecule has 31 heavy (non-hydrogen) atoms. The quantitative estimate of drug-likeness (QED) is 0.807. The van der Waals surface area contributed by atoms with Gasteiger partial charge < -0.3 is 14.7 Å². The van der Waals surface area contributed by atoms with Crippen molar-refractivity contribution in [3.8, 4) is 5.75 Å². The zero-order chi connectivity index (χ0) is 21.2. The summed E-state index contributed by atoms with van der Waals surface area (Å²) in [6.45, 7) is 3.93. The van der Waals surface area contributed by atoms with Crippen LogP contribution in [0.5, 0.6) is 5.75 Å². The van der Waals surface area contributed by atoms with Gasteiger partial charge in [0, 0.05) is 37.0 Å². The molecule has 0 aromatic heterocycles. The molecule has 2 aliphatic heterocycles. The van der Waals surface area contributed by atoms with Gasteiger partial charge in [-0.1, -0.05) is 6.07 Å². The van der Waals surface area contributed by atoms with E-state index in [-0.39, 0.29) is 17.4 Å². The molecule has 4 atom stereocenters. The zero-order valence-corrected chi connectivity index (χ0v) is 18.8. The SMILES string of the molecule is COc1ccc2c(c1)[C@]13CCN(CC4CC4)[C@H](C2)[C@]1(O)C[C@@H](C(=O)N1CCCCC1)C3. The number of hydrogen-bond acceptors (Lipinski definition) is 4. The van der Waals surface area contributed by atoms with Crippen LogP contribution in [0.2, 0.25) is 0 Å². The Kier molecular flexibility index (Phi) is 4.66. The van der Waals surface area contributed by atoms with Gasteiger partial charge in [-0.25, -0.2) is 0 Å². The summed E-state index contributed by atoms with van der Waals surface area (Å²) < 4.78 is 5.58. The Balaban J connectivity index is 1.39. The van der Waals surface area contributed by atoms with Crippen molar-refractivity contribution in [3.05, 3.63) is 29.3 Å². The standard InChI is InChI=1S/C26H36N2O3/c1-31-21-8-7-19-13-23-26(30)16-20(24(29)27-10-3-2-4-11-27)15-25(26,22(19)14-21)9-12-28(23)17-18-5-6-18/h7-8,14,18,20,23,30H,2-6,9-13,15-17H2,1H3/t20-,23+,25+,26+/m0/s1. The molecule has 2 bridgehead atoms. The van der Waals surface area contributed by atoms with E-state index in [1.54, 1.807) is 7.11 Å². The van der Waals surface area contributed by atoms with Crippen LogP contribution in [0, 0.1) is 11.8 Å². The van der Waals surface area contributed by atoms with Crippen LogP contribution in [-0.2, 0) is 16.6 Å². The van der Waals surface area contributed by atoms with Gasteiger partial charge in [0.2, 0.25) is 5.91 Å². The second kappa shape index (κ2) is 7.21. The first-order valence-electron chi connectivity index (χ1n) is 12.5. The number of nitrogens with zero attached hydrogens (tertiary/aromatic N) is 2. The summed E-state index contributed by atoms with van der Waals surface area (Å²) in [6, 6.07) is 6.57. The molecule has 1 amide bonds. The topological polar surface area (TPSA) is 53.0 Å². The number of benzene rings is 1. The lowest BCUT2D eigenvalue weighted by atomic mass is 9.56. The normalized spacial score (nSPS) is 37.3. The van der Waals surface area contributed by atoms with Gasteiger partial charge in [-0.3, -0.25) is 9.69 Å². The predicted molar refractivity (Wildman–Crippen MR) is 119 cm³/mol. The molecule has 6 rings (SSSR count). The van der Waals surface area contributed by atoms with E-state index in [0.29, 0.717) is 12.3 Å². The van der Waals surface area contributed by atoms with Gasteiger partial charge in [-0.05, 0) is 93.5 Å². The Morgan fingerprint density at radius 2 is 1.97 bits per heavy atom. The first kappa shape index (κ1) is 20.0. The highest BCUT2D eigenvalue weighted by Gasteiger charge is 2.68. The molecular weight excluding hydrogens is 388 g/mol. The molecule has 1 aromatic carbocycles. The molecule has 5 nitrogen and oxygen atoms in total. The monoisotopic (exact) mass is 424 g/mol. The smallest absolute Gasteiger partial charge is 0.225 e. The molecule has 2 saturated heterocycles. The van der Waals surface area contributed by atoms with Crippen LogP contribution in [0.1, 0.15) is 62.5 Å². The van der Waals surface area contributed by atoms with E-state index in [2.05, 4.69) is 28.0 Å². The molecule has 3 aliphatic carbocycles. The lowest BCUT2D eigenvalue weighted by Crippen LogP contribution is -2.69. The number of ether oxygens (including phenoxy) is 1. The van der Waals surface area contributed by atoms with Gasteiger partial charge in [0.15, 0.2) is 0 Å². The molecule has 0 radical (unpaired) electrons. The van der Waals surface area contributed by atoms with Crippen molar-refractivity contribution in [1.29, 1.82) is 0 Å². The summed E-state index contributed by atoms with van der Waals surface area (Å²) in [4.78, 5) is 18.2. The average Bonchev–Trinajstić information content (AvgIpc) is 3.54. The van der Waals surface area contributed by atoms with Gasteiger partial charge in [0.05, 0.1) is 12.7 Å². The molecule has 0 spiro atoms. The third kappa shape index (κ3) is 2.99. The van der Waals surface area contributed by atoms with Crippen LogP contribution >= 0.6 is 0 Å². The largest absolute Gasteiger partial charge is 0.497 e. The van der Waals surface area contributed by atoms with Crippen molar-refractivity contribution >= 4 is 5.91 Å². The van der Waals surface area contributed by atoms with Gasteiger partial charge in [0.1, 0.15) is 5.75 Å². The molecule has 1 N–H and O–H groups in total. The van der Waals surface area contributed by atoms with Gasteiger partial charge in [0.25, 0.3) is 0 Å². The van der Waals surface area contributed by atoms with Crippen LogP contribution in [0.25, 0.3) is 0 Å². The minimum absolute atomic E-state index is 0.0661. The maximum absolute atomic E-state index is 13.6. The molecule has 5 aliphatic rings. The Labute approximate surface area is 185 Å². The highest BCUT2D eigenvalue weighted by Crippen LogP contribution is 2.62. The molecule has 0 unspecified atom stereocenters. The van der Waals surface area contributed by atoms with E-state index in [1.807, 2.05) is 0 Å². The fourth-order valence-corrected chi connectivity index (χ4v) is 7.49. The second-order valence-corrected chi connectivity index (χ2v) is 10.9. The summed E-state index contributed by atoms with van der Waals surface area (Å²) >= 11 is 0. The number of amides is 1. The lowest BCUT2D eigenvalue weighted by Gasteiger charge is -2.59. The van der Waals surface area contributed by atoms with E-state index < -0.39 is 5.60 Å². The summed E-state index contributed by atoms with van der Waals surface area (Å²) in [5, 5.41) is 12.5. The van der Waals surface area contributed by atoms with E-state index in [0.717, 1.165) is 70.0 Å². The number of hydrogen-bond donors (Lipinski definition) is 1. The second-order valence-electron chi connectivity index (χ2n) is 10.9. The summed E-state index contributed by atoms with van der Waals surface area (Å²) in [5.74, 6) is 1.89. The van der Waals surface area contributed by atoms with Gasteiger partial charge >= 0.3 is 0 Å². The van der Waals surface area contributed by atoms with E-state index in [4.69, 9.17) is 4.74 Å². The molecule has 2 saturated carbocycles. The Morgan fingerprint density at radius 1 is 1.16 bits per heavy atom. The number of likely N-dealkylation sites (tertiary alicyclic amines) is 2.